The Labute approximate surface area is 111 Å². The second kappa shape index (κ2) is 8.61. The first kappa shape index (κ1) is 17.5. The second-order valence-corrected chi connectivity index (χ2v) is 6.27. The van der Waals surface area contributed by atoms with E-state index in [1.165, 1.54) is 11.2 Å². The van der Waals surface area contributed by atoms with Crippen LogP contribution in [0.15, 0.2) is 0 Å². The minimum absolute atomic E-state index is 0.00334. The molecule has 0 radical (unpaired) electrons. The van der Waals surface area contributed by atoms with Gasteiger partial charge in [-0.1, -0.05) is 13.8 Å². The van der Waals surface area contributed by atoms with Crippen LogP contribution in [0.4, 0.5) is 0 Å². The summed E-state index contributed by atoms with van der Waals surface area (Å²) in [6.45, 7) is 8.26. The number of carbonyl (C=O) groups excluding carboxylic acids is 1. The first-order valence-electron chi connectivity index (χ1n) is 6.54. The smallest absolute Gasteiger partial charge is 0.213 e. The minimum atomic E-state index is -3.07. The maximum Gasteiger partial charge on any atom is 0.213 e. The van der Waals surface area contributed by atoms with Gasteiger partial charge < -0.3 is 4.74 Å². The van der Waals surface area contributed by atoms with E-state index in [0.29, 0.717) is 25.9 Å². The summed E-state index contributed by atoms with van der Waals surface area (Å²) in [4.78, 5) is 10.7. The Morgan fingerprint density at radius 2 is 1.78 bits per heavy atom. The predicted octanol–water partition coefficient (Wildman–Crippen LogP) is 1.43. The number of Topliss-reactive ketones (excluding diaryl/α,β-unsaturated/α-hetero) is 1. The van der Waals surface area contributed by atoms with Gasteiger partial charge >= 0.3 is 0 Å². The van der Waals surface area contributed by atoms with E-state index in [1.54, 1.807) is 6.92 Å². The van der Waals surface area contributed by atoms with Crippen molar-refractivity contribution in [2.24, 2.45) is 0 Å². The highest BCUT2D eigenvalue weighted by atomic mass is 32.2. The van der Waals surface area contributed by atoms with Crippen LogP contribution in [0.3, 0.4) is 0 Å². The third-order valence-corrected chi connectivity index (χ3v) is 4.56. The van der Waals surface area contributed by atoms with E-state index < -0.39 is 10.0 Å². The van der Waals surface area contributed by atoms with Crippen molar-refractivity contribution < 1.29 is 17.9 Å². The largest absolute Gasteiger partial charge is 0.370 e. The lowest BCUT2D eigenvalue weighted by Crippen LogP contribution is -2.41. The highest BCUT2D eigenvalue weighted by molar-refractivity contribution is 7.89. The summed E-state index contributed by atoms with van der Waals surface area (Å²) in [5.41, 5.74) is 0. The van der Waals surface area contributed by atoms with Gasteiger partial charge in [0.2, 0.25) is 10.0 Å². The maximum atomic E-state index is 11.6. The molecule has 0 amide bonds. The molecular weight excluding hydrogens is 254 g/mol. The number of nitrogens with zero attached hydrogens (tertiary/aromatic N) is 1. The summed E-state index contributed by atoms with van der Waals surface area (Å²) in [5.74, 6) is 0.148. The molecule has 0 unspecified atom stereocenters. The third-order valence-electron chi connectivity index (χ3n) is 2.68. The molecule has 1 aliphatic heterocycles. The summed E-state index contributed by atoms with van der Waals surface area (Å²) in [6.07, 6.45) is 1.37. The highest BCUT2D eigenvalue weighted by Gasteiger charge is 2.26. The number of ether oxygens (including phenoxy) is 1. The second-order valence-electron chi connectivity index (χ2n) is 4.01. The molecule has 1 heterocycles. The van der Waals surface area contributed by atoms with Gasteiger partial charge in [0, 0.05) is 13.1 Å². The molecule has 1 rings (SSSR count). The molecule has 0 aliphatic carbocycles. The van der Waals surface area contributed by atoms with Crippen LogP contribution in [0.25, 0.3) is 0 Å². The van der Waals surface area contributed by atoms with Gasteiger partial charge in [0.25, 0.3) is 0 Å². The zero-order valence-corrected chi connectivity index (χ0v) is 12.6. The number of hydrogen-bond acceptors (Lipinski definition) is 4. The van der Waals surface area contributed by atoms with Crippen molar-refractivity contribution in [3.63, 3.8) is 0 Å². The molecule has 0 spiro atoms. The van der Waals surface area contributed by atoms with Gasteiger partial charge in [-0.15, -0.1) is 0 Å². The lowest BCUT2D eigenvalue weighted by atomic mass is 10.1. The van der Waals surface area contributed by atoms with Gasteiger partial charge in [-0.05, 0) is 26.7 Å². The molecular formula is C12H25NO4S. The molecule has 0 aromatic carbocycles. The van der Waals surface area contributed by atoms with E-state index in [0.717, 1.165) is 0 Å². The van der Waals surface area contributed by atoms with Crippen LogP contribution < -0.4 is 0 Å². The van der Waals surface area contributed by atoms with Crippen molar-refractivity contribution in [2.45, 2.75) is 46.6 Å². The van der Waals surface area contributed by atoms with Gasteiger partial charge in [-0.25, -0.2) is 12.7 Å². The molecule has 0 saturated carbocycles. The lowest BCUT2D eigenvalue weighted by Gasteiger charge is -2.30. The number of ketones is 1. The average Bonchev–Trinajstić information content (AvgIpc) is 2.39. The van der Waals surface area contributed by atoms with Gasteiger partial charge in [-0.3, -0.25) is 4.79 Å². The van der Waals surface area contributed by atoms with Crippen LogP contribution in [-0.2, 0) is 19.6 Å². The first-order chi connectivity index (χ1) is 8.45. The zero-order chi connectivity index (χ0) is 14.2. The quantitative estimate of drug-likeness (QED) is 0.764. The van der Waals surface area contributed by atoms with Gasteiger partial charge in [0.05, 0.1) is 11.9 Å². The highest BCUT2D eigenvalue weighted by Crippen LogP contribution is 2.16. The SMILES string of the molecule is CC.CCS(=O)(=O)N1CCC(OCC(C)=O)CC1. The Hall–Kier alpha value is -0.460. The summed E-state index contributed by atoms with van der Waals surface area (Å²) in [6, 6.07) is 0. The zero-order valence-electron chi connectivity index (χ0n) is 11.8. The topological polar surface area (TPSA) is 63.7 Å². The van der Waals surface area contributed by atoms with Crippen LogP contribution in [0.1, 0.15) is 40.5 Å². The van der Waals surface area contributed by atoms with Crippen molar-refractivity contribution in [3.8, 4) is 0 Å². The van der Waals surface area contributed by atoms with Crippen molar-refractivity contribution in [1.82, 2.24) is 4.31 Å². The fraction of sp³-hybridized carbons (Fsp3) is 0.917. The lowest BCUT2D eigenvalue weighted by molar-refractivity contribution is -0.124. The van der Waals surface area contributed by atoms with Crippen molar-refractivity contribution in [1.29, 1.82) is 0 Å². The molecule has 0 N–H and O–H groups in total. The minimum Gasteiger partial charge on any atom is -0.370 e. The monoisotopic (exact) mass is 279 g/mol. The summed E-state index contributed by atoms with van der Waals surface area (Å²) < 4.78 is 30.0. The summed E-state index contributed by atoms with van der Waals surface area (Å²) >= 11 is 0. The van der Waals surface area contributed by atoms with Crippen LogP contribution >= 0.6 is 0 Å². The van der Waals surface area contributed by atoms with Crippen molar-refractivity contribution in [3.05, 3.63) is 0 Å². The average molecular weight is 279 g/mol. The molecule has 1 aliphatic rings. The Morgan fingerprint density at radius 3 is 2.17 bits per heavy atom. The molecule has 6 heteroatoms. The van der Waals surface area contributed by atoms with E-state index in [9.17, 15) is 13.2 Å². The maximum absolute atomic E-state index is 11.6. The van der Waals surface area contributed by atoms with E-state index >= 15 is 0 Å². The molecule has 0 atom stereocenters. The van der Waals surface area contributed by atoms with E-state index in [2.05, 4.69) is 0 Å². The van der Waals surface area contributed by atoms with Gasteiger partial charge in [0.1, 0.15) is 6.61 Å². The Bertz CT molecular complexity index is 332. The molecule has 5 nitrogen and oxygen atoms in total. The van der Waals surface area contributed by atoms with Crippen LogP contribution in [0.5, 0.6) is 0 Å². The Balaban J connectivity index is 0.00000137. The van der Waals surface area contributed by atoms with E-state index in [4.69, 9.17) is 4.74 Å². The van der Waals surface area contributed by atoms with Crippen molar-refractivity contribution >= 4 is 15.8 Å². The molecule has 0 aromatic heterocycles. The summed E-state index contributed by atoms with van der Waals surface area (Å²) in [7, 11) is -3.07. The van der Waals surface area contributed by atoms with E-state index in [1.807, 2.05) is 13.8 Å². The van der Waals surface area contributed by atoms with Gasteiger partial charge in [-0.2, -0.15) is 0 Å². The Kier molecular flexibility index (Phi) is 8.39. The molecule has 18 heavy (non-hydrogen) atoms. The third kappa shape index (κ3) is 5.93. The predicted molar refractivity (Wildman–Crippen MR) is 72.0 cm³/mol. The molecule has 1 saturated heterocycles. The number of rotatable bonds is 5. The fourth-order valence-corrected chi connectivity index (χ4v) is 2.83. The standard InChI is InChI=1S/C10H19NO4S.C2H6/c1-3-16(13,14)11-6-4-10(5-7-11)15-8-9(2)12;1-2/h10H,3-8H2,1-2H3;1-2H3. The number of hydrogen-bond donors (Lipinski definition) is 0. The van der Waals surface area contributed by atoms with Crippen molar-refractivity contribution in [2.75, 3.05) is 25.4 Å². The Morgan fingerprint density at radius 1 is 1.28 bits per heavy atom. The van der Waals surface area contributed by atoms with Crippen LogP contribution in [0.2, 0.25) is 0 Å². The van der Waals surface area contributed by atoms with Crippen LogP contribution in [-0.4, -0.2) is 50.1 Å². The van der Waals surface area contributed by atoms with E-state index in [-0.39, 0.29) is 24.2 Å². The first-order valence-corrected chi connectivity index (χ1v) is 8.15. The fourth-order valence-electron chi connectivity index (χ4n) is 1.69. The number of piperidine rings is 1. The molecule has 0 bridgehead atoms. The summed E-state index contributed by atoms with van der Waals surface area (Å²) in [5, 5.41) is 0. The van der Waals surface area contributed by atoms with Gasteiger partial charge in [0.15, 0.2) is 5.78 Å². The molecule has 1 fully saturated rings. The normalized spacial score (nSPS) is 18.0. The number of carbonyl (C=O) groups is 1. The molecule has 0 aromatic rings. The number of sulfonamides is 1. The molecule has 108 valence electrons. The van der Waals surface area contributed by atoms with Crippen LogP contribution in [0, 0.1) is 0 Å².